The van der Waals surface area contributed by atoms with Gasteiger partial charge in [-0.1, -0.05) is 11.6 Å². The first-order valence-electron chi connectivity index (χ1n) is 4.86. The second-order valence-electron chi connectivity index (χ2n) is 3.66. The summed E-state index contributed by atoms with van der Waals surface area (Å²) in [6, 6.07) is 4.16. The van der Waals surface area contributed by atoms with Crippen LogP contribution in [0, 0.1) is 6.92 Å². The summed E-state index contributed by atoms with van der Waals surface area (Å²) in [4.78, 5) is 1.39. The third-order valence-electron chi connectivity index (χ3n) is 2.30. The number of rotatable bonds is 3. The molecule has 16 heavy (non-hydrogen) atoms. The maximum absolute atomic E-state index is 12.7. The van der Waals surface area contributed by atoms with Crippen molar-refractivity contribution in [1.29, 1.82) is 0 Å². The molecular weight excluding hydrogens is 219 g/mol. The van der Waals surface area contributed by atoms with E-state index in [1.54, 1.807) is 13.0 Å². The molecule has 0 unspecified atom stereocenters. The molecule has 0 aliphatic carbocycles. The van der Waals surface area contributed by atoms with Crippen LogP contribution in [0.4, 0.5) is 18.9 Å². The van der Waals surface area contributed by atoms with Crippen LogP contribution in [0.5, 0.6) is 0 Å². The van der Waals surface area contributed by atoms with Gasteiger partial charge in [-0.05, 0) is 19.1 Å². The number of likely N-dealkylation sites (N-methyl/N-ethyl adjacent to an activating group) is 1. The molecule has 0 atom stereocenters. The van der Waals surface area contributed by atoms with E-state index in [1.807, 2.05) is 0 Å². The Morgan fingerprint density at radius 1 is 1.31 bits per heavy atom. The third-order valence-corrected chi connectivity index (χ3v) is 2.30. The van der Waals surface area contributed by atoms with E-state index < -0.39 is 11.7 Å². The summed E-state index contributed by atoms with van der Waals surface area (Å²) < 4.78 is 38.2. The van der Waals surface area contributed by atoms with Crippen LogP contribution in [0.2, 0.25) is 0 Å². The summed E-state index contributed by atoms with van der Waals surface area (Å²) in [7, 11) is 1.52. The molecule has 5 heteroatoms. The topological polar surface area (TPSA) is 23.5 Å². The highest BCUT2D eigenvalue weighted by Crippen LogP contribution is 2.36. The summed E-state index contributed by atoms with van der Waals surface area (Å²) in [5, 5.41) is 8.72. The van der Waals surface area contributed by atoms with E-state index in [2.05, 4.69) is 0 Å². The van der Waals surface area contributed by atoms with E-state index in [4.69, 9.17) is 5.11 Å². The Balaban J connectivity index is 3.18. The third kappa shape index (κ3) is 2.88. The SMILES string of the molecule is Cc1ccc(N(C)CCO)c(C(F)(F)F)c1. The summed E-state index contributed by atoms with van der Waals surface area (Å²) in [6.45, 7) is 1.61. The number of hydrogen-bond donors (Lipinski definition) is 1. The molecule has 2 nitrogen and oxygen atoms in total. The van der Waals surface area contributed by atoms with Crippen molar-refractivity contribution >= 4 is 5.69 Å². The molecule has 0 saturated carbocycles. The van der Waals surface area contributed by atoms with Crippen molar-refractivity contribution in [3.8, 4) is 0 Å². The second kappa shape index (κ2) is 4.74. The molecular formula is C11H14F3NO. The zero-order valence-corrected chi connectivity index (χ0v) is 9.17. The summed E-state index contributed by atoms with van der Waals surface area (Å²) in [5.41, 5.74) is -0.0101. The minimum atomic E-state index is -4.37. The Morgan fingerprint density at radius 3 is 2.44 bits per heavy atom. The number of hydrogen-bond acceptors (Lipinski definition) is 2. The molecule has 1 N–H and O–H groups in total. The molecule has 0 radical (unpaired) electrons. The van der Waals surface area contributed by atoms with Crippen molar-refractivity contribution in [1.82, 2.24) is 0 Å². The lowest BCUT2D eigenvalue weighted by Crippen LogP contribution is -2.24. The number of nitrogens with zero attached hydrogens (tertiary/aromatic N) is 1. The number of aryl methyl sites for hydroxylation is 1. The molecule has 0 fully saturated rings. The Labute approximate surface area is 92.3 Å². The predicted molar refractivity (Wildman–Crippen MR) is 56.5 cm³/mol. The van der Waals surface area contributed by atoms with Gasteiger partial charge in [0, 0.05) is 19.3 Å². The van der Waals surface area contributed by atoms with Crippen LogP contribution in [0.15, 0.2) is 18.2 Å². The van der Waals surface area contributed by atoms with Crippen molar-refractivity contribution in [2.24, 2.45) is 0 Å². The normalized spacial score (nSPS) is 11.6. The first kappa shape index (κ1) is 12.8. The molecule has 0 aliphatic heterocycles. The summed E-state index contributed by atoms with van der Waals surface area (Å²) >= 11 is 0. The fraction of sp³-hybridized carbons (Fsp3) is 0.455. The molecule has 1 rings (SSSR count). The van der Waals surface area contributed by atoms with Crippen LogP contribution in [0.3, 0.4) is 0 Å². The Bertz CT molecular complexity index is 363. The van der Waals surface area contributed by atoms with E-state index in [1.165, 1.54) is 18.0 Å². The van der Waals surface area contributed by atoms with Gasteiger partial charge in [0.25, 0.3) is 0 Å². The van der Waals surface area contributed by atoms with Gasteiger partial charge in [0.15, 0.2) is 0 Å². The van der Waals surface area contributed by atoms with Gasteiger partial charge in [-0.2, -0.15) is 13.2 Å². The highest BCUT2D eigenvalue weighted by molar-refractivity contribution is 5.55. The molecule has 0 spiro atoms. The highest BCUT2D eigenvalue weighted by atomic mass is 19.4. The molecule has 0 saturated heterocycles. The largest absolute Gasteiger partial charge is 0.418 e. The van der Waals surface area contributed by atoms with Crippen LogP contribution in [0.25, 0.3) is 0 Å². The minimum Gasteiger partial charge on any atom is -0.395 e. The molecule has 0 amide bonds. The van der Waals surface area contributed by atoms with Crippen molar-refractivity contribution in [3.05, 3.63) is 29.3 Å². The van der Waals surface area contributed by atoms with E-state index in [9.17, 15) is 13.2 Å². The Kier molecular flexibility index (Phi) is 3.80. The quantitative estimate of drug-likeness (QED) is 0.866. The maximum Gasteiger partial charge on any atom is 0.418 e. The van der Waals surface area contributed by atoms with Crippen molar-refractivity contribution in [2.75, 3.05) is 25.1 Å². The van der Waals surface area contributed by atoms with E-state index in [0.717, 1.165) is 6.07 Å². The number of aliphatic hydroxyl groups is 1. The van der Waals surface area contributed by atoms with Crippen molar-refractivity contribution in [2.45, 2.75) is 13.1 Å². The minimum absolute atomic E-state index is 0.0900. The number of halogens is 3. The average Bonchev–Trinajstić information content (AvgIpc) is 2.16. The van der Waals surface area contributed by atoms with Gasteiger partial charge in [-0.15, -0.1) is 0 Å². The van der Waals surface area contributed by atoms with E-state index >= 15 is 0 Å². The van der Waals surface area contributed by atoms with Gasteiger partial charge >= 0.3 is 6.18 Å². The average molecular weight is 233 g/mol. The van der Waals surface area contributed by atoms with Gasteiger partial charge in [-0.25, -0.2) is 0 Å². The highest BCUT2D eigenvalue weighted by Gasteiger charge is 2.34. The number of aliphatic hydroxyl groups excluding tert-OH is 1. The first-order chi connectivity index (χ1) is 7.36. The van der Waals surface area contributed by atoms with Crippen LogP contribution >= 0.6 is 0 Å². The van der Waals surface area contributed by atoms with Gasteiger partial charge in [0.2, 0.25) is 0 Å². The van der Waals surface area contributed by atoms with Crippen LogP contribution in [-0.4, -0.2) is 25.3 Å². The first-order valence-corrected chi connectivity index (χ1v) is 4.86. The standard InChI is InChI=1S/C11H14F3NO/c1-8-3-4-10(15(2)5-6-16)9(7-8)11(12,13)14/h3-4,7,16H,5-6H2,1-2H3. The molecule has 90 valence electrons. The Hall–Kier alpha value is -1.23. The molecule has 0 heterocycles. The van der Waals surface area contributed by atoms with Gasteiger partial charge < -0.3 is 10.0 Å². The predicted octanol–water partition coefficient (Wildman–Crippen LogP) is 2.44. The fourth-order valence-corrected chi connectivity index (χ4v) is 1.48. The summed E-state index contributed by atoms with van der Waals surface area (Å²) in [5.74, 6) is 0. The summed E-state index contributed by atoms with van der Waals surface area (Å²) in [6.07, 6.45) is -4.37. The molecule has 0 aliphatic rings. The van der Waals surface area contributed by atoms with Crippen molar-refractivity contribution in [3.63, 3.8) is 0 Å². The van der Waals surface area contributed by atoms with Crippen LogP contribution < -0.4 is 4.90 Å². The number of benzene rings is 1. The lowest BCUT2D eigenvalue weighted by molar-refractivity contribution is -0.137. The van der Waals surface area contributed by atoms with Gasteiger partial charge in [0.05, 0.1) is 12.2 Å². The van der Waals surface area contributed by atoms with Gasteiger partial charge in [0.1, 0.15) is 0 Å². The number of anilines is 1. The van der Waals surface area contributed by atoms with E-state index in [0.29, 0.717) is 5.56 Å². The second-order valence-corrected chi connectivity index (χ2v) is 3.66. The zero-order chi connectivity index (χ0) is 12.3. The van der Waals surface area contributed by atoms with Crippen LogP contribution in [0.1, 0.15) is 11.1 Å². The van der Waals surface area contributed by atoms with Gasteiger partial charge in [-0.3, -0.25) is 0 Å². The van der Waals surface area contributed by atoms with Crippen molar-refractivity contribution < 1.29 is 18.3 Å². The van der Waals surface area contributed by atoms with E-state index in [-0.39, 0.29) is 18.8 Å². The lowest BCUT2D eigenvalue weighted by atomic mass is 10.1. The number of alkyl halides is 3. The molecule has 0 bridgehead atoms. The monoisotopic (exact) mass is 233 g/mol. The zero-order valence-electron chi connectivity index (χ0n) is 9.17. The molecule has 1 aromatic carbocycles. The molecule has 1 aromatic rings. The van der Waals surface area contributed by atoms with Crippen LogP contribution in [-0.2, 0) is 6.18 Å². The Morgan fingerprint density at radius 2 is 1.94 bits per heavy atom. The lowest BCUT2D eigenvalue weighted by Gasteiger charge is -2.23. The fourth-order valence-electron chi connectivity index (χ4n) is 1.48. The maximum atomic E-state index is 12.7. The smallest absolute Gasteiger partial charge is 0.395 e. The molecule has 0 aromatic heterocycles.